The Morgan fingerprint density at radius 2 is 1.57 bits per heavy atom. The lowest BCUT2D eigenvalue weighted by Gasteiger charge is -2.36. The van der Waals surface area contributed by atoms with E-state index in [2.05, 4.69) is 4.90 Å². The van der Waals surface area contributed by atoms with Crippen molar-refractivity contribution in [3.63, 3.8) is 0 Å². The van der Waals surface area contributed by atoms with Crippen molar-refractivity contribution >= 4 is 33.4 Å². The monoisotopic (exact) mass is 521 g/mol. The Balaban J connectivity index is 1.49. The summed E-state index contributed by atoms with van der Waals surface area (Å²) in [6, 6.07) is 21.4. The van der Waals surface area contributed by atoms with Crippen molar-refractivity contribution in [1.29, 1.82) is 0 Å². The zero-order chi connectivity index (χ0) is 26.4. The Morgan fingerprint density at radius 3 is 2.19 bits per heavy atom. The van der Waals surface area contributed by atoms with Crippen LogP contribution >= 0.6 is 0 Å². The Bertz CT molecular complexity index is 1350. The van der Waals surface area contributed by atoms with Crippen LogP contribution in [0.2, 0.25) is 0 Å². The zero-order valence-electron chi connectivity index (χ0n) is 21.2. The number of anilines is 2. The molecule has 0 aliphatic carbocycles. The van der Waals surface area contributed by atoms with Gasteiger partial charge in [-0.2, -0.15) is 0 Å². The smallest absolute Gasteiger partial charge is 0.264 e. The molecule has 37 heavy (non-hydrogen) atoms. The number of ether oxygens (including phenoxy) is 2. The molecule has 8 nitrogen and oxygen atoms in total. The van der Waals surface area contributed by atoms with Crippen molar-refractivity contribution in [2.45, 2.75) is 4.90 Å². The number of sulfonamides is 1. The van der Waals surface area contributed by atoms with Crippen LogP contribution in [-0.2, 0) is 14.8 Å². The van der Waals surface area contributed by atoms with E-state index < -0.39 is 10.0 Å². The molecule has 3 aromatic rings. The molecule has 0 unspecified atom stereocenters. The molecule has 9 heteroatoms. The molecule has 3 aromatic carbocycles. The number of hydrogen-bond donors (Lipinski definition) is 0. The highest BCUT2D eigenvalue weighted by Gasteiger charge is 2.26. The van der Waals surface area contributed by atoms with E-state index in [1.165, 1.54) is 11.4 Å². The fourth-order valence-corrected chi connectivity index (χ4v) is 5.39. The molecule has 1 amide bonds. The molecule has 4 rings (SSSR count). The molecular formula is C28H31N3O5S. The number of benzene rings is 3. The van der Waals surface area contributed by atoms with Crippen molar-refractivity contribution in [3.05, 3.63) is 84.4 Å². The first kappa shape index (κ1) is 26.1. The minimum atomic E-state index is -3.82. The molecule has 0 spiro atoms. The van der Waals surface area contributed by atoms with Crippen LogP contribution in [0.25, 0.3) is 6.08 Å². The van der Waals surface area contributed by atoms with Crippen molar-refractivity contribution < 1.29 is 22.7 Å². The van der Waals surface area contributed by atoms with Gasteiger partial charge in [0.25, 0.3) is 10.0 Å². The number of carbonyl (C=O) groups excluding carboxylic acids is 1. The van der Waals surface area contributed by atoms with Gasteiger partial charge in [-0.15, -0.1) is 0 Å². The second-order valence-corrected chi connectivity index (χ2v) is 10.5. The van der Waals surface area contributed by atoms with E-state index in [0.29, 0.717) is 49.1 Å². The van der Waals surface area contributed by atoms with E-state index in [4.69, 9.17) is 9.47 Å². The van der Waals surface area contributed by atoms with E-state index in [9.17, 15) is 13.2 Å². The fourth-order valence-electron chi connectivity index (χ4n) is 4.17. The largest absolute Gasteiger partial charge is 0.497 e. The molecule has 0 N–H and O–H groups in total. The minimum Gasteiger partial charge on any atom is -0.497 e. The molecule has 0 aromatic heterocycles. The van der Waals surface area contributed by atoms with E-state index >= 15 is 0 Å². The molecule has 0 bridgehead atoms. The summed E-state index contributed by atoms with van der Waals surface area (Å²) in [5, 5.41) is 0. The lowest BCUT2D eigenvalue weighted by molar-refractivity contribution is -0.126. The summed E-state index contributed by atoms with van der Waals surface area (Å²) >= 11 is 0. The molecule has 1 fully saturated rings. The fraction of sp³-hybridized carbons (Fsp3) is 0.250. The number of rotatable bonds is 8. The van der Waals surface area contributed by atoms with Gasteiger partial charge in [0.2, 0.25) is 5.91 Å². The Labute approximate surface area is 218 Å². The maximum atomic E-state index is 13.4. The summed E-state index contributed by atoms with van der Waals surface area (Å²) in [4.78, 5) is 16.7. The molecule has 194 valence electrons. The highest BCUT2D eigenvalue weighted by atomic mass is 32.2. The maximum absolute atomic E-state index is 13.4. The standard InChI is InChI=1S/C28H31N3O5S/c1-29(23-10-12-24(35-2)13-11-23)37(33,34)25-14-15-27(36-3)26(21-25)30-17-19-31(20-18-30)28(32)16-9-22-7-5-4-6-8-22/h4-16,21H,17-20H2,1-3H3. The van der Waals surface area contributed by atoms with Gasteiger partial charge in [-0.05, 0) is 54.1 Å². The molecule has 0 atom stereocenters. The summed E-state index contributed by atoms with van der Waals surface area (Å²) in [7, 11) is 0.824. The Hall–Kier alpha value is -3.98. The third-order valence-corrected chi connectivity index (χ3v) is 8.18. The van der Waals surface area contributed by atoms with Gasteiger partial charge in [-0.1, -0.05) is 30.3 Å². The van der Waals surface area contributed by atoms with Gasteiger partial charge in [-0.25, -0.2) is 8.42 Å². The van der Waals surface area contributed by atoms with E-state index in [1.807, 2.05) is 36.4 Å². The lowest BCUT2D eigenvalue weighted by atomic mass is 10.2. The van der Waals surface area contributed by atoms with Crippen LogP contribution in [0.4, 0.5) is 11.4 Å². The van der Waals surface area contributed by atoms with Gasteiger partial charge in [0.1, 0.15) is 11.5 Å². The zero-order valence-corrected chi connectivity index (χ0v) is 22.0. The van der Waals surface area contributed by atoms with E-state index in [-0.39, 0.29) is 10.8 Å². The predicted molar refractivity (Wildman–Crippen MR) is 146 cm³/mol. The summed E-state index contributed by atoms with van der Waals surface area (Å²) in [6.07, 6.45) is 3.40. The molecule has 1 aliphatic heterocycles. The number of methoxy groups -OCH3 is 2. The van der Waals surface area contributed by atoms with Crippen molar-refractivity contribution in [2.75, 3.05) is 56.7 Å². The molecule has 0 saturated carbocycles. The predicted octanol–water partition coefficient (Wildman–Crippen LogP) is 3.89. The maximum Gasteiger partial charge on any atom is 0.264 e. The van der Waals surface area contributed by atoms with Gasteiger partial charge >= 0.3 is 0 Å². The minimum absolute atomic E-state index is 0.0482. The van der Waals surface area contributed by atoms with Crippen molar-refractivity contribution in [2.24, 2.45) is 0 Å². The molecule has 1 heterocycles. The second-order valence-electron chi connectivity index (χ2n) is 8.56. The van der Waals surface area contributed by atoms with Gasteiger partial charge in [0.15, 0.2) is 0 Å². The number of amides is 1. The van der Waals surface area contributed by atoms with Crippen LogP contribution in [0.15, 0.2) is 83.8 Å². The first-order chi connectivity index (χ1) is 17.8. The average Bonchev–Trinajstić information content (AvgIpc) is 2.95. The quantitative estimate of drug-likeness (QED) is 0.419. The summed E-state index contributed by atoms with van der Waals surface area (Å²) in [6.45, 7) is 2.14. The van der Waals surface area contributed by atoms with Gasteiger partial charge in [-0.3, -0.25) is 9.10 Å². The summed E-state index contributed by atoms with van der Waals surface area (Å²) in [5.74, 6) is 1.18. The van der Waals surface area contributed by atoms with Crippen LogP contribution in [0.5, 0.6) is 11.5 Å². The Kier molecular flexibility index (Phi) is 8.03. The third kappa shape index (κ3) is 5.89. The highest BCUT2D eigenvalue weighted by Crippen LogP contribution is 2.33. The summed E-state index contributed by atoms with van der Waals surface area (Å²) < 4.78 is 38.8. The number of carbonyl (C=O) groups is 1. The third-order valence-electron chi connectivity index (χ3n) is 6.39. The van der Waals surface area contributed by atoms with Gasteiger partial charge < -0.3 is 19.3 Å². The summed E-state index contributed by atoms with van der Waals surface area (Å²) in [5.41, 5.74) is 2.17. The first-order valence-electron chi connectivity index (χ1n) is 11.9. The van der Waals surface area contributed by atoms with Crippen LogP contribution in [0.3, 0.4) is 0 Å². The lowest BCUT2D eigenvalue weighted by Crippen LogP contribution is -2.48. The number of piperazine rings is 1. The number of hydrogen-bond acceptors (Lipinski definition) is 6. The second kappa shape index (κ2) is 11.4. The molecule has 1 aliphatic rings. The van der Waals surface area contributed by atoms with Crippen LogP contribution in [0.1, 0.15) is 5.56 Å². The SMILES string of the molecule is COc1ccc(N(C)S(=O)(=O)c2ccc(OC)c(N3CCN(C(=O)C=Cc4ccccc4)CC3)c2)cc1. The van der Waals surface area contributed by atoms with Crippen LogP contribution < -0.4 is 18.7 Å². The van der Waals surface area contributed by atoms with E-state index in [0.717, 1.165) is 5.56 Å². The molecule has 0 radical (unpaired) electrons. The van der Waals surface area contributed by atoms with Gasteiger partial charge in [0, 0.05) is 39.3 Å². The van der Waals surface area contributed by atoms with E-state index in [1.54, 1.807) is 67.7 Å². The van der Waals surface area contributed by atoms with Gasteiger partial charge in [0.05, 0.1) is 30.5 Å². The number of nitrogens with zero attached hydrogens (tertiary/aromatic N) is 3. The topological polar surface area (TPSA) is 79.4 Å². The first-order valence-corrected chi connectivity index (χ1v) is 13.4. The average molecular weight is 522 g/mol. The highest BCUT2D eigenvalue weighted by molar-refractivity contribution is 7.92. The molecule has 1 saturated heterocycles. The van der Waals surface area contributed by atoms with Crippen LogP contribution in [0, 0.1) is 0 Å². The van der Waals surface area contributed by atoms with Crippen LogP contribution in [-0.4, -0.2) is 66.7 Å². The normalized spacial score (nSPS) is 14.0. The molecular weight excluding hydrogens is 490 g/mol. The van der Waals surface area contributed by atoms with Crippen molar-refractivity contribution in [3.8, 4) is 11.5 Å². The van der Waals surface area contributed by atoms with Crippen molar-refractivity contribution in [1.82, 2.24) is 4.90 Å². The Morgan fingerprint density at radius 1 is 0.892 bits per heavy atom.